The third kappa shape index (κ3) is 2.76. The van der Waals surface area contributed by atoms with Gasteiger partial charge in [0, 0.05) is 18.8 Å². The van der Waals surface area contributed by atoms with Gasteiger partial charge in [0.15, 0.2) is 0 Å². The third-order valence-electron chi connectivity index (χ3n) is 3.68. The first kappa shape index (κ1) is 14.4. The lowest BCUT2D eigenvalue weighted by Gasteiger charge is -2.29. The summed E-state index contributed by atoms with van der Waals surface area (Å²) in [5, 5.41) is 9.18. The number of hydrogen-bond donors (Lipinski definition) is 1. The van der Waals surface area contributed by atoms with Gasteiger partial charge in [-0.25, -0.2) is 9.59 Å². The number of carboxylic acids is 1. The van der Waals surface area contributed by atoms with Gasteiger partial charge in [-0.1, -0.05) is 17.7 Å². The van der Waals surface area contributed by atoms with E-state index < -0.39 is 12.0 Å². The number of aliphatic carboxylic acids is 1. The fraction of sp³-hybridized carbons (Fsp3) is 0.467. The van der Waals surface area contributed by atoms with Gasteiger partial charge in [-0.15, -0.1) is 0 Å². The number of urea groups is 1. The van der Waals surface area contributed by atoms with Crippen molar-refractivity contribution in [3.05, 3.63) is 29.8 Å². The molecule has 1 N–H and O–H groups in total. The molecule has 1 fully saturated rings. The Morgan fingerprint density at radius 3 is 2.55 bits per heavy atom. The Morgan fingerprint density at radius 2 is 2.00 bits per heavy atom. The Kier molecular flexibility index (Phi) is 4.27. The standard InChI is InChI=1S/C15H20N2O3/c1-3-16(12-8-6-11(2)7-9-12)15(20)17-10-4-5-13(17)14(18)19/h6-9,13H,3-5,10H2,1-2H3,(H,18,19). The number of amides is 2. The van der Waals surface area contributed by atoms with Crippen molar-refractivity contribution in [2.24, 2.45) is 0 Å². The summed E-state index contributed by atoms with van der Waals surface area (Å²) in [5.41, 5.74) is 1.93. The van der Waals surface area contributed by atoms with Crippen molar-refractivity contribution in [3.8, 4) is 0 Å². The molecule has 1 heterocycles. The van der Waals surface area contributed by atoms with E-state index in [0.29, 0.717) is 19.5 Å². The van der Waals surface area contributed by atoms with Gasteiger partial charge < -0.3 is 10.0 Å². The number of carbonyl (C=O) groups is 2. The molecule has 0 saturated carbocycles. The Bertz CT molecular complexity index is 498. The molecule has 1 aliphatic heterocycles. The van der Waals surface area contributed by atoms with Crippen LogP contribution in [0, 0.1) is 6.92 Å². The van der Waals surface area contributed by atoms with E-state index in [1.165, 1.54) is 4.90 Å². The molecule has 0 aliphatic carbocycles. The molecule has 0 aromatic heterocycles. The van der Waals surface area contributed by atoms with Crippen molar-refractivity contribution in [3.63, 3.8) is 0 Å². The van der Waals surface area contributed by atoms with Crippen molar-refractivity contribution >= 4 is 17.7 Å². The van der Waals surface area contributed by atoms with E-state index in [1.807, 2.05) is 38.1 Å². The topological polar surface area (TPSA) is 60.9 Å². The second-order valence-electron chi connectivity index (χ2n) is 5.05. The Balaban J connectivity index is 2.21. The van der Waals surface area contributed by atoms with Crippen LogP contribution in [0.4, 0.5) is 10.5 Å². The summed E-state index contributed by atoms with van der Waals surface area (Å²) in [6.07, 6.45) is 1.28. The molecule has 1 unspecified atom stereocenters. The number of carbonyl (C=O) groups excluding carboxylic acids is 1. The molecule has 0 bridgehead atoms. The SMILES string of the molecule is CCN(C(=O)N1CCCC1C(=O)O)c1ccc(C)cc1. The monoisotopic (exact) mass is 276 g/mol. The predicted octanol–water partition coefficient (Wildman–Crippen LogP) is 2.49. The van der Waals surface area contributed by atoms with E-state index in [9.17, 15) is 14.7 Å². The van der Waals surface area contributed by atoms with Crippen molar-refractivity contribution in [2.45, 2.75) is 32.7 Å². The number of anilines is 1. The van der Waals surface area contributed by atoms with Gasteiger partial charge >= 0.3 is 12.0 Å². The molecule has 1 saturated heterocycles. The number of rotatable bonds is 3. The highest BCUT2D eigenvalue weighted by atomic mass is 16.4. The molecule has 1 aromatic rings. The molecule has 1 aliphatic rings. The van der Waals surface area contributed by atoms with Crippen LogP contribution in [-0.4, -0.2) is 41.1 Å². The molecule has 5 heteroatoms. The highest BCUT2D eigenvalue weighted by molar-refractivity contribution is 5.94. The average molecular weight is 276 g/mol. The quantitative estimate of drug-likeness (QED) is 0.922. The largest absolute Gasteiger partial charge is 0.480 e. The Morgan fingerprint density at radius 1 is 1.35 bits per heavy atom. The summed E-state index contributed by atoms with van der Waals surface area (Å²) in [4.78, 5) is 26.9. The minimum absolute atomic E-state index is 0.221. The number of likely N-dealkylation sites (tertiary alicyclic amines) is 1. The van der Waals surface area contributed by atoms with Crippen LogP contribution in [-0.2, 0) is 4.79 Å². The van der Waals surface area contributed by atoms with Gasteiger partial charge in [0.25, 0.3) is 0 Å². The van der Waals surface area contributed by atoms with Crippen LogP contribution in [0.1, 0.15) is 25.3 Å². The summed E-state index contributed by atoms with van der Waals surface area (Å²) in [5.74, 6) is -0.921. The first-order valence-electron chi connectivity index (χ1n) is 6.92. The first-order valence-corrected chi connectivity index (χ1v) is 6.92. The molecule has 0 spiro atoms. The van der Waals surface area contributed by atoms with Crippen LogP contribution in [0.3, 0.4) is 0 Å². The normalized spacial score (nSPS) is 18.1. The lowest BCUT2D eigenvalue weighted by molar-refractivity contribution is -0.141. The second-order valence-corrected chi connectivity index (χ2v) is 5.05. The van der Waals surface area contributed by atoms with Crippen molar-refractivity contribution in [1.82, 2.24) is 4.90 Å². The average Bonchev–Trinajstić information content (AvgIpc) is 2.91. The van der Waals surface area contributed by atoms with Crippen LogP contribution >= 0.6 is 0 Å². The van der Waals surface area contributed by atoms with Crippen LogP contribution in [0.5, 0.6) is 0 Å². The zero-order valence-electron chi connectivity index (χ0n) is 11.9. The molecular formula is C15H20N2O3. The zero-order valence-corrected chi connectivity index (χ0v) is 11.9. The molecule has 2 rings (SSSR count). The lowest BCUT2D eigenvalue weighted by Crippen LogP contribution is -2.48. The highest BCUT2D eigenvalue weighted by Crippen LogP contribution is 2.23. The van der Waals surface area contributed by atoms with E-state index in [1.54, 1.807) is 4.90 Å². The summed E-state index contributed by atoms with van der Waals surface area (Å²) in [6.45, 7) is 4.91. The number of aryl methyl sites for hydroxylation is 1. The second kappa shape index (κ2) is 5.94. The smallest absolute Gasteiger partial charge is 0.326 e. The summed E-state index contributed by atoms with van der Waals surface area (Å²) < 4.78 is 0. The van der Waals surface area contributed by atoms with Crippen LogP contribution in [0.15, 0.2) is 24.3 Å². The third-order valence-corrected chi connectivity index (χ3v) is 3.68. The summed E-state index contributed by atoms with van der Waals surface area (Å²) in [7, 11) is 0. The molecule has 0 radical (unpaired) electrons. The molecular weight excluding hydrogens is 256 g/mol. The molecule has 1 aromatic carbocycles. The highest BCUT2D eigenvalue weighted by Gasteiger charge is 2.36. The van der Waals surface area contributed by atoms with Gasteiger partial charge in [-0.05, 0) is 38.8 Å². The minimum Gasteiger partial charge on any atom is -0.480 e. The number of carboxylic acid groups (broad SMARTS) is 1. The van der Waals surface area contributed by atoms with Crippen LogP contribution in [0.25, 0.3) is 0 Å². The van der Waals surface area contributed by atoms with E-state index in [-0.39, 0.29) is 6.03 Å². The lowest BCUT2D eigenvalue weighted by atomic mass is 10.2. The van der Waals surface area contributed by atoms with Crippen molar-refractivity contribution in [1.29, 1.82) is 0 Å². The minimum atomic E-state index is -0.921. The van der Waals surface area contributed by atoms with Crippen molar-refractivity contribution in [2.75, 3.05) is 18.0 Å². The van der Waals surface area contributed by atoms with Gasteiger partial charge in [0.1, 0.15) is 6.04 Å². The van der Waals surface area contributed by atoms with Gasteiger partial charge in [0.2, 0.25) is 0 Å². The fourth-order valence-corrected chi connectivity index (χ4v) is 2.56. The van der Waals surface area contributed by atoms with Gasteiger partial charge in [-0.2, -0.15) is 0 Å². The van der Waals surface area contributed by atoms with Gasteiger partial charge in [-0.3, -0.25) is 4.90 Å². The molecule has 108 valence electrons. The number of benzene rings is 1. The van der Waals surface area contributed by atoms with E-state index in [4.69, 9.17) is 0 Å². The van der Waals surface area contributed by atoms with E-state index in [0.717, 1.165) is 17.7 Å². The fourth-order valence-electron chi connectivity index (χ4n) is 2.56. The Hall–Kier alpha value is -2.04. The molecule has 2 amide bonds. The first-order chi connectivity index (χ1) is 9.54. The molecule has 20 heavy (non-hydrogen) atoms. The predicted molar refractivity (Wildman–Crippen MR) is 77.0 cm³/mol. The van der Waals surface area contributed by atoms with E-state index >= 15 is 0 Å². The van der Waals surface area contributed by atoms with E-state index in [2.05, 4.69) is 0 Å². The summed E-state index contributed by atoms with van der Waals surface area (Å²) in [6, 6.07) is 6.77. The molecule has 1 atom stereocenters. The zero-order chi connectivity index (χ0) is 14.7. The molecule has 5 nitrogen and oxygen atoms in total. The number of hydrogen-bond acceptors (Lipinski definition) is 2. The van der Waals surface area contributed by atoms with Gasteiger partial charge in [0.05, 0.1) is 0 Å². The maximum absolute atomic E-state index is 12.6. The number of nitrogens with zero attached hydrogens (tertiary/aromatic N) is 2. The Labute approximate surface area is 118 Å². The summed E-state index contributed by atoms with van der Waals surface area (Å²) >= 11 is 0. The van der Waals surface area contributed by atoms with Crippen LogP contribution in [0.2, 0.25) is 0 Å². The van der Waals surface area contributed by atoms with Crippen molar-refractivity contribution < 1.29 is 14.7 Å². The maximum atomic E-state index is 12.6. The maximum Gasteiger partial charge on any atom is 0.326 e. The van der Waals surface area contributed by atoms with Crippen LogP contribution < -0.4 is 4.90 Å².